The normalized spacial score (nSPS) is 27.9. The first-order chi connectivity index (χ1) is 23.3. The molecule has 6 aliphatic carbocycles. The van der Waals surface area contributed by atoms with E-state index in [1.54, 1.807) is 11.1 Å². The van der Waals surface area contributed by atoms with Crippen LogP contribution in [0.4, 0.5) is 17.1 Å². The van der Waals surface area contributed by atoms with Crippen LogP contribution < -0.4 is 4.90 Å². The Hall–Kier alpha value is -4.10. The smallest absolute Gasteiger partial charge is 0.0549 e. The number of benzene rings is 5. The lowest BCUT2D eigenvalue weighted by molar-refractivity contribution is 0.191. The highest BCUT2D eigenvalue weighted by Crippen LogP contribution is 2.74. The molecule has 0 N–H and O–H groups in total. The molecule has 5 unspecified atom stereocenters. The molecule has 4 fully saturated rings. The van der Waals surface area contributed by atoms with Crippen LogP contribution in [-0.2, 0) is 16.2 Å². The summed E-state index contributed by atoms with van der Waals surface area (Å²) in [7, 11) is 0. The maximum Gasteiger partial charge on any atom is 0.0549 e. The maximum absolute atomic E-state index is 2.67. The lowest BCUT2D eigenvalue weighted by atomic mass is 9.59. The van der Waals surface area contributed by atoms with Gasteiger partial charge in [-0.15, -0.1) is 0 Å². The van der Waals surface area contributed by atoms with Crippen molar-refractivity contribution in [3.05, 3.63) is 138 Å². The van der Waals surface area contributed by atoms with Crippen molar-refractivity contribution in [2.45, 2.75) is 82.5 Å². The highest BCUT2D eigenvalue weighted by Gasteiger charge is 2.66. The summed E-state index contributed by atoms with van der Waals surface area (Å²) in [5.74, 6) is 3.28. The molecule has 4 bridgehead atoms. The van der Waals surface area contributed by atoms with Crippen molar-refractivity contribution >= 4 is 17.1 Å². The van der Waals surface area contributed by atoms with Gasteiger partial charge in [0.2, 0.25) is 0 Å². The van der Waals surface area contributed by atoms with Gasteiger partial charge in [-0.25, -0.2) is 0 Å². The first-order valence-corrected chi connectivity index (χ1v) is 18.6. The van der Waals surface area contributed by atoms with Crippen LogP contribution in [0.3, 0.4) is 0 Å². The topological polar surface area (TPSA) is 3.24 Å². The molecular weight excluding hydrogens is 579 g/mol. The van der Waals surface area contributed by atoms with Gasteiger partial charge in [0.1, 0.15) is 0 Å². The molecule has 0 saturated heterocycles. The summed E-state index contributed by atoms with van der Waals surface area (Å²) in [6, 6.07) is 44.4. The Morgan fingerprint density at radius 1 is 0.562 bits per heavy atom. The largest absolute Gasteiger partial charge is 0.310 e. The van der Waals surface area contributed by atoms with Gasteiger partial charge in [-0.2, -0.15) is 0 Å². The van der Waals surface area contributed by atoms with E-state index in [2.05, 4.69) is 148 Å². The molecule has 0 aliphatic heterocycles. The molecule has 6 aliphatic rings. The van der Waals surface area contributed by atoms with Gasteiger partial charge in [0, 0.05) is 16.7 Å². The van der Waals surface area contributed by atoms with E-state index >= 15 is 0 Å². The van der Waals surface area contributed by atoms with Crippen molar-refractivity contribution in [1.82, 2.24) is 0 Å². The number of fused-ring (bicyclic) bond motifs is 4. The molecule has 240 valence electrons. The van der Waals surface area contributed by atoms with Crippen LogP contribution in [0.1, 0.15) is 88.5 Å². The molecule has 0 heterocycles. The average molecular weight is 626 g/mol. The van der Waals surface area contributed by atoms with Crippen LogP contribution >= 0.6 is 0 Å². The molecule has 0 radical (unpaired) electrons. The molecule has 11 rings (SSSR count). The SMILES string of the molecule is CC1(C)CCC(C)(C)c2c(N(c3ccccc3)c3cc(-c4ccccc4)cc4c3-c3ccccc3C43C4CC5CC(C4)C3C5)cccc21. The van der Waals surface area contributed by atoms with Gasteiger partial charge < -0.3 is 4.90 Å². The Kier molecular flexibility index (Phi) is 6.00. The predicted octanol–water partition coefficient (Wildman–Crippen LogP) is 12.5. The Balaban J connectivity index is 1.33. The number of anilines is 3. The van der Waals surface area contributed by atoms with Gasteiger partial charge in [0.25, 0.3) is 0 Å². The predicted molar refractivity (Wildman–Crippen MR) is 200 cm³/mol. The summed E-state index contributed by atoms with van der Waals surface area (Å²) in [6.07, 6.45) is 8.04. The van der Waals surface area contributed by atoms with Gasteiger partial charge in [-0.1, -0.05) is 113 Å². The fourth-order valence-corrected chi connectivity index (χ4v) is 11.9. The van der Waals surface area contributed by atoms with E-state index in [0.717, 1.165) is 23.7 Å². The minimum absolute atomic E-state index is 0.0667. The van der Waals surface area contributed by atoms with Crippen molar-refractivity contribution in [3.8, 4) is 22.3 Å². The minimum Gasteiger partial charge on any atom is -0.310 e. The number of para-hydroxylation sites is 1. The molecule has 5 aromatic rings. The molecular formula is C47H47N. The zero-order valence-corrected chi connectivity index (χ0v) is 29.0. The first kappa shape index (κ1) is 28.9. The van der Waals surface area contributed by atoms with Crippen LogP contribution in [0.25, 0.3) is 22.3 Å². The maximum atomic E-state index is 2.67. The number of hydrogen-bond donors (Lipinski definition) is 0. The monoisotopic (exact) mass is 625 g/mol. The van der Waals surface area contributed by atoms with E-state index < -0.39 is 0 Å². The van der Waals surface area contributed by atoms with E-state index in [-0.39, 0.29) is 16.2 Å². The van der Waals surface area contributed by atoms with Crippen molar-refractivity contribution in [2.75, 3.05) is 4.90 Å². The lowest BCUT2D eigenvalue weighted by Gasteiger charge is -2.45. The third-order valence-electron chi connectivity index (χ3n) is 13.9. The molecule has 0 amide bonds. The quantitative estimate of drug-likeness (QED) is 0.192. The van der Waals surface area contributed by atoms with Crippen molar-refractivity contribution in [1.29, 1.82) is 0 Å². The summed E-state index contributed by atoms with van der Waals surface area (Å²) in [5, 5.41) is 0. The number of nitrogens with zero attached hydrogens (tertiary/aromatic N) is 1. The van der Waals surface area contributed by atoms with Gasteiger partial charge >= 0.3 is 0 Å². The number of rotatable bonds is 4. The molecule has 1 heteroatoms. The molecule has 1 spiro atoms. The van der Waals surface area contributed by atoms with Crippen molar-refractivity contribution < 1.29 is 0 Å². The summed E-state index contributed by atoms with van der Waals surface area (Å²) in [6.45, 7) is 9.87. The lowest BCUT2D eigenvalue weighted by Crippen LogP contribution is -2.40. The Bertz CT molecular complexity index is 2070. The van der Waals surface area contributed by atoms with Crippen LogP contribution in [-0.4, -0.2) is 0 Å². The van der Waals surface area contributed by atoms with Gasteiger partial charge in [-0.05, 0) is 142 Å². The summed E-state index contributed by atoms with van der Waals surface area (Å²) in [5.41, 5.74) is 16.1. The Morgan fingerprint density at radius 3 is 2.06 bits per heavy atom. The van der Waals surface area contributed by atoms with Crippen LogP contribution in [0.15, 0.2) is 115 Å². The third kappa shape index (κ3) is 3.80. The van der Waals surface area contributed by atoms with Gasteiger partial charge in [0.15, 0.2) is 0 Å². The van der Waals surface area contributed by atoms with Crippen LogP contribution in [0, 0.1) is 23.7 Å². The second-order valence-electron chi connectivity index (χ2n) is 17.2. The fourth-order valence-electron chi connectivity index (χ4n) is 11.9. The molecule has 5 atom stereocenters. The summed E-state index contributed by atoms with van der Waals surface area (Å²) < 4.78 is 0. The standard InChI is InChI=1S/C47H47N/c1-45(2)22-23-46(3,4)44-38(45)20-13-21-41(44)48(35-16-9-6-10-17-35)42-29-32(31-14-7-5-8-15-31)28-40-43(42)36-18-11-12-19-37(36)47(40)34-25-30-24-33(27-34)39(47)26-30/h5-21,28-30,33-34,39H,22-27H2,1-4H3. The van der Waals surface area contributed by atoms with Crippen LogP contribution in [0.2, 0.25) is 0 Å². The second-order valence-corrected chi connectivity index (χ2v) is 17.2. The third-order valence-corrected chi connectivity index (χ3v) is 13.9. The van der Waals surface area contributed by atoms with E-state index in [4.69, 9.17) is 0 Å². The van der Waals surface area contributed by atoms with E-state index in [1.807, 2.05) is 0 Å². The Labute approximate surface area is 287 Å². The number of hydrogen-bond acceptors (Lipinski definition) is 1. The second kappa shape index (κ2) is 9.97. The molecule has 48 heavy (non-hydrogen) atoms. The van der Waals surface area contributed by atoms with Crippen LogP contribution in [0.5, 0.6) is 0 Å². The zero-order valence-electron chi connectivity index (χ0n) is 29.0. The van der Waals surface area contributed by atoms with E-state index in [9.17, 15) is 0 Å². The molecule has 0 aromatic heterocycles. The summed E-state index contributed by atoms with van der Waals surface area (Å²) in [4.78, 5) is 2.67. The summed E-state index contributed by atoms with van der Waals surface area (Å²) >= 11 is 0. The van der Waals surface area contributed by atoms with Gasteiger partial charge in [-0.3, -0.25) is 0 Å². The van der Waals surface area contributed by atoms with E-state index in [1.165, 1.54) is 89.0 Å². The Morgan fingerprint density at radius 2 is 1.27 bits per heavy atom. The first-order valence-electron chi connectivity index (χ1n) is 18.6. The highest BCUT2D eigenvalue weighted by atomic mass is 15.2. The van der Waals surface area contributed by atoms with E-state index in [0.29, 0.717) is 0 Å². The molecule has 4 saturated carbocycles. The molecule has 1 nitrogen and oxygen atoms in total. The highest BCUT2D eigenvalue weighted by molar-refractivity contribution is 5.98. The van der Waals surface area contributed by atoms with Crippen molar-refractivity contribution in [2.24, 2.45) is 23.7 Å². The average Bonchev–Trinajstić information content (AvgIpc) is 3.65. The molecule has 5 aromatic carbocycles. The minimum atomic E-state index is 0.0667. The zero-order chi connectivity index (χ0) is 32.4. The van der Waals surface area contributed by atoms with Gasteiger partial charge in [0.05, 0.1) is 11.4 Å². The van der Waals surface area contributed by atoms with Crippen molar-refractivity contribution in [3.63, 3.8) is 0 Å². The fraction of sp³-hybridized carbons (Fsp3) is 0.362.